The highest BCUT2D eigenvalue weighted by Gasteiger charge is 2.20. The number of para-hydroxylation sites is 1. The van der Waals surface area contributed by atoms with Crippen molar-refractivity contribution in [2.75, 3.05) is 0 Å². The number of hydrogen-bond acceptors (Lipinski definition) is 2. The van der Waals surface area contributed by atoms with Crippen molar-refractivity contribution in [1.82, 2.24) is 15.3 Å². The molecule has 0 saturated carbocycles. The summed E-state index contributed by atoms with van der Waals surface area (Å²) in [6, 6.07) is 20.7. The summed E-state index contributed by atoms with van der Waals surface area (Å²) in [4.78, 5) is 20.4. The fourth-order valence-corrected chi connectivity index (χ4v) is 4.06. The highest BCUT2D eigenvalue weighted by molar-refractivity contribution is 5.87. The van der Waals surface area contributed by atoms with E-state index in [1.807, 2.05) is 18.2 Å². The molecular weight excluding hydrogens is 370 g/mol. The van der Waals surface area contributed by atoms with Crippen LogP contribution in [0.3, 0.4) is 0 Å². The van der Waals surface area contributed by atoms with Crippen LogP contribution in [0.2, 0.25) is 0 Å². The lowest BCUT2D eigenvalue weighted by molar-refractivity contribution is -0.121. The van der Waals surface area contributed by atoms with Gasteiger partial charge in [0, 0.05) is 42.5 Å². The Kier molecular flexibility index (Phi) is 6.23. The summed E-state index contributed by atoms with van der Waals surface area (Å²) in [5.74, 6) is 0.155. The van der Waals surface area contributed by atoms with Crippen LogP contribution in [0, 0.1) is 0 Å². The van der Waals surface area contributed by atoms with Crippen LogP contribution in [0.15, 0.2) is 79.3 Å². The van der Waals surface area contributed by atoms with E-state index in [1.165, 1.54) is 27.6 Å². The minimum Gasteiger partial charge on any atom is -0.361 e. The van der Waals surface area contributed by atoms with Crippen LogP contribution < -0.4 is 5.32 Å². The highest BCUT2D eigenvalue weighted by atomic mass is 16.1. The second kappa shape index (κ2) is 9.40. The Labute approximate surface area is 177 Å². The zero-order chi connectivity index (χ0) is 20.8. The zero-order valence-corrected chi connectivity index (χ0v) is 17.3. The van der Waals surface area contributed by atoms with E-state index < -0.39 is 0 Å². The number of nitrogens with one attached hydrogen (secondary N) is 2. The van der Waals surface area contributed by atoms with Crippen molar-refractivity contribution >= 4 is 16.8 Å². The van der Waals surface area contributed by atoms with Crippen molar-refractivity contribution in [2.45, 2.75) is 38.6 Å². The molecule has 0 radical (unpaired) electrons. The largest absolute Gasteiger partial charge is 0.361 e. The van der Waals surface area contributed by atoms with Crippen LogP contribution >= 0.6 is 0 Å². The summed E-state index contributed by atoms with van der Waals surface area (Å²) in [6.07, 6.45) is 7.86. The molecule has 4 heteroatoms. The number of aromatic amines is 1. The summed E-state index contributed by atoms with van der Waals surface area (Å²) in [5.41, 5.74) is 5.94. The molecule has 1 unspecified atom stereocenters. The fraction of sp³-hybridized carbons (Fsp3) is 0.231. The Morgan fingerprint density at radius 3 is 2.63 bits per heavy atom. The predicted octanol–water partition coefficient (Wildman–Crippen LogP) is 5.16. The number of carbonyl (C=O) groups is 1. The van der Waals surface area contributed by atoms with Gasteiger partial charge in [0.2, 0.25) is 5.91 Å². The molecule has 0 aliphatic rings. The van der Waals surface area contributed by atoms with Crippen LogP contribution in [-0.2, 0) is 24.2 Å². The van der Waals surface area contributed by atoms with E-state index in [1.54, 1.807) is 12.4 Å². The lowest BCUT2D eigenvalue weighted by Crippen LogP contribution is -2.25. The summed E-state index contributed by atoms with van der Waals surface area (Å²) >= 11 is 0. The van der Waals surface area contributed by atoms with E-state index in [-0.39, 0.29) is 11.8 Å². The standard InChI is InChI=1S/C26H27N3O/c1-2-21-11-6-12-23-24(18-29-26(21)23)22(14-19-8-4-3-5-9-19)15-25(30)28-17-20-10-7-13-27-16-20/h3-13,16,18,22,29H,2,14-15,17H2,1H3,(H,28,30). The molecule has 4 aromatic rings. The van der Waals surface area contributed by atoms with Gasteiger partial charge < -0.3 is 10.3 Å². The Hall–Kier alpha value is -3.40. The van der Waals surface area contributed by atoms with E-state index >= 15 is 0 Å². The van der Waals surface area contributed by atoms with Crippen molar-refractivity contribution in [3.05, 3.63) is 102 Å². The SMILES string of the molecule is CCc1cccc2c(C(CC(=O)NCc3cccnc3)Cc3ccccc3)c[nH]c12. The number of pyridine rings is 1. The lowest BCUT2D eigenvalue weighted by Gasteiger charge is -2.17. The Bertz CT molecular complexity index is 1100. The van der Waals surface area contributed by atoms with Gasteiger partial charge in [-0.25, -0.2) is 0 Å². The lowest BCUT2D eigenvalue weighted by atomic mass is 9.88. The van der Waals surface area contributed by atoms with Gasteiger partial charge in [-0.1, -0.05) is 61.5 Å². The third-order valence-corrected chi connectivity index (χ3v) is 5.62. The van der Waals surface area contributed by atoms with Crippen molar-refractivity contribution < 1.29 is 4.79 Å². The number of hydrogen-bond donors (Lipinski definition) is 2. The number of benzene rings is 2. The first kappa shape index (κ1) is 19.9. The summed E-state index contributed by atoms with van der Waals surface area (Å²) in [7, 11) is 0. The molecule has 152 valence electrons. The third kappa shape index (κ3) is 4.60. The number of aromatic nitrogens is 2. The van der Waals surface area contributed by atoms with Gasteiger partial charge in [-0.15, -0.1) is 0 Å². The molecule has 0 spiro atoms. The fourth-order valence-electron chi connectivity index (χ4n) is 4.06. The van der Waals surface area contributed by atoms with Gasteiger partial charge in [0.15, 0.2) is 0 Å². The molecule has 0 aliphatic carbocycles. The maximum absolute atomic E-state index is 12.8. The van der Waals surface area contributed by atoms with Gasteiger partial charge in [0.1, 0.15) is 0 Å². The molecule has 0 fully saturated rings. The van der Waals surface area contributed by atoms with Gasteiger partial charge >= 0.3 is 0 Å². The average Bonchev–Trinajstić information content (AvgIpc) is 3.23. The summed E-state index contributed by atoms with van der Waals surface area (Å²) in [5, 5.41) is 4.28. The van der Waals surface area contributed by atoms with Crippen LogP contribution in [-0.4, -0.2) is 15.9 Å². The molecule has 2 N–H and O–H groups in total. The molecule has 30 heavy (non-hydrogen) atoms. The first-order valence-electron chi connectivity index (χ1n) is 10.5. The van der Waals surface area contributed by atoms with E-state index in [4.69, 9.17) is 0 Å². The molecule has 2 aromatic heterocycles. The first-order valence-corrected chi connectivity index (χ1v) is 10.5. The van der Waals surface area contributed by atoms with Crippen molar-refractivity contribution in [3.8, 4) is 0 Å². The minimum absolute atomic E-state index is 0.0563. The Morgan fingerprint density at radius 2 is 1.87 bits per heavy atom. The van der Waals surface area contributed by atoms with Gasteiger partial charge in [-0.05, 0) is 47.1 Å². The van der Waals surface area contributed by atoms with Crippen molar-refractivity contribution in [3.63, 3.8) is 0 Å². The molecule has 0 bridgehead atoms. The van der Waals surface area contributed by atoms with E-state index in [0.717, 1.165) is 18.4 Å². The van der Waals surface area contributed by atoms with Crippen LogP contribution in [0.1, 0.15) is 41.5 Å². The smallest absolute Gasteiger partial charge is 0.220 e. The predicted molar refractivity (Wildman–Crippen MR) is 121 cm³/mol. The van der Waals surface area contributed by atoms with Gasteiger partial charge in [0.25, 0.3) is 0 Å². The van der Waals surface area contributed by atoms with Crippen molar-refractivity contribution in [1.29, 1.82) is 0 Å². The molecule has 0 saturated heterocycles. The second-order valence-electron chi connectivity index (χ2n) is 7.67. The Balaban J connectivity index is 1.58. The molecule has 0 aliphatic heterocycles. The zero-order valence-electron chi connectivity index (χ0n) is 17.3. The van der Waals surface area contributed by atoms with Crippen LogP contribution in [0.5, 0.6) is 0 Å². The summed E-state index contributed by atoms with van der Waals surface area (Å²) in [6.45, 7) is 2.67. The van der Waals surface area contributed by atoms with Gasteiger partial charge in [0.05, 0.1) is 0 Å². The normalized spacial score (nSPS) is 12.0. The number of carbonyl (C=O) groups excluding carboxylic acids is 1. The molecule has 2 aromatic carbocycles. The number of nitrogens with zero attached hydrogens (tertiary/aromatic N) is 1. The second-order valence-corrected chi connectivity index (χ2v) is 7.67. The quantitative estimate of drug-likeness (QED) is 0.431. The molecule has 4 rings (SSSR count). The van der Waals surface area contributed by atoms with E-state index in [2.05, 4.69) is 70.9 Å². The number of rotatable bonds is 8. The number of H-pyrrole nitrogens is 1. The molecule has 1 atom stereocenters. The van der Waals surface area contributed by atoms with Crippen LogP contribution in [0.4, 0.5) is 0 Å². The Morgan fingerprint density at radius 1 is 1.03 bits per heavy atom. The average molecular weight is 398 g/mol. The van der Waals surface area contributed by atoms with E-state index in [9.17, 15) is 4.79 Å². The maximum atomic E-state index is 12.8. The molecular formula is C26H27N3O. The van der Waals surface area contributed by atoms with Gasteiger partial charge in [-0.3, -0.25) is 9.78 Å². The molecule has 2 heterocycles. The monoisotopic (exact) mass is 397 g/mol. The minimum atomic E-state index is 0.0563. The van der Waals surface area contributed by atoms with E-state index in [0.29, 0.717) is 13.0 Å². The number of aryl methyl sites for hydroxylation is 1. The van der Waals surface area contributed by atoms with Gasteiger partial charge in [-0.2, -0.15) is 0 Å². The van der Waals surface area contributed by atoms with Crippen LogP contribution in [0.25, 0.3) is 10.9 Å². The topological polar surface area (TPSA) is 57.8 Å². The first-order chi connectivity index (χ1) is 14.7. The molecule has 1 amide bonds. The highest BCUT2D eigenvalue weighted by Crippen LogP contribution is 2.32. The summed E-state index contributed by atoms with van der Waals surface area (Å²) < 4.78 is 0. The number of fused-ring (bicyclic) bond motifs is 1. The third-order valence-electron chi connectivity index (χ3n) is 5.62. The van der Waals surface area contributed by atoms with Crippen molar-refractivity contribution in [2.24, 2.45) is 0 Å². The molecule has 4 nitrogen and oxygen atoms in total. The maximum Gasteiger partial charge on any atom is 0.220 e. The number of amides is 1.